The largest absolute Gasteiger partial charge is 0.495 e. The molecule has 2 aromatic heterocycles. The number of sulfonamides is 1. The maximum absolute atomic E-state index is 13.0. The summed E-state index contributed by atoms with van der Waals surface area (Å²) in [7, 11) is -2.38. The highest BCUT2D eigenvalue weighted by atomic mass is 32.2. The first kappa shape index (κ1) is 23.3. The van der Waals surface area contributed by atoms with Crippen LogP contribution in [-0.2, 0) is 10.0 Å². The van der Waals surface area contributed by atoms with Crippen molar-refractivity contribution >= 4 is 26.9 Å². The third-order valence-electron chi connectivity index (χ3n) is 5.74. The average Bonchev–Trinajstić information content (AvgIpc) is 2.88. The second kappa shape index (κ2) is 9.27. The Morgan fingerprint density at radius 3 is 2.39 bits per heavy atom. The number of nitrogens with one attached hydrogen (secondary N) is 1. The predicted molar refractivity (Wildman–Crippen MR) is 139 cm³/mol. The quantitative estimate of drug-likeness (QED) is 0.368. The maximum atomic E-state index is 13.0. The Labute approximate surface area is 207 Å². The number of rotatable bonds is 6. The number of fused-ring (bicyclic) bond motifs is 1. The molecule has 5 aromatic rings. The fourth-order valence-corrected chi connectivity index (χ4v) is 5.03. The highest BCUT2D eigenvalue weighted by molar-refractivity contribution is 7.92. The van der Waals surface area contributed by atoms with Crippen molar-refractivity contribution in [1.29, 1.82) is 0 Å². The lowest BCUT2D eigenvalue weighted by Crippen LogP contribution is -2.19. The molecule has 9 heteroatoms. The van der Waals surface area contributed by atoms with Gasteiger partial charge in [0, 0.05) is 23.8 Å². The van der Waals surface area contributed by atoms with Gasteiger partial charge < -0.3 is 4.74 Å². The van der Waals surface area contributed by atoms with Crippen LogP contribution >= 0.6 is 0 Å². The Bertz CT molecular complexity index is 1750. The minimum atomic E-state index is -3.93. The molecule has 0 saturated heterocycles. The van der Waals surface area contributed by atoms with Crippen LogP contribution in [0.3, 0.4) is 0 Å². The number of anilines is 1. The Hall–Kier alpha value is -4.50. The Kier molecular flexibility index (Phi) is 5.99. The minimum Gasteiger partial charge on any atom is -0.495 e. The van der Waals surface area contributed by atoms with Gasteiger partial charge in [0.25, 0.3) is 15.6 Å². The Balaban J connectivity index is 1.60. The number of hydrogen-bond donors (Lipinski definition) is 1. The van der Waals surface area contributed by atoms with Gasteiger partial charge in [0.05, 0.1) is 23.2 Å². The van der Waals surface area contributed by atoms with Gasteiger partial charge in [0.1, 0.15) is 5.75 Å². The molecule has 0 bridgehead atoms. The van der Waals surface area contributed by atoms with Gasteiger partial charge in [-0.2, -0.15) is 0 Å². The molecule has 0 amide bonds. The standard InChI is InChI=1S/C27H22N4O4S/c1-18-5-3-6-19(15-18)20-7-10-24(25(17-20)35-2)31-23-11-9-22(16-21(23)8-12-26(31)32)36(33,34)30-27-28-13-4-14-29-27/h3-17H,1-2H3,(H,28,29,30). The normalized spacial score (nSPS) is 11.4. The van der Waals surface area contributed by atoms with Gasteiger partial charge in [-0.1, -0.05) is 35.9 Å². The van der Waals surface area contributed by atoms with E-state index in [2.05, 4.69) is 20.8 Å². The first-order valence-corrected chi connectivity index (χ1v) is 12.6. The van der Waals surface area contributed by atoms with Crippen molar-refractivity contribution in [3.8, 4) is 22.6 Å². The van der Waals surface area contributed by atoms with Gasteiger partial charge in [0.15, 0.2) is 0 Å². The summed E-state index contributed by atoms with van der Waals surface area (Å²) < 4.78 is 35.3. The molecular weight excluding hydrogens is 476 g/mol. The van der Waals surface area contributed by atoms with Gasteiger partial charge in [-0.05, 0) is 60.5 Å². The van der Waals surface area contributed by atoms with Crippen LogP contribution in [0.1, 0.15) is 5.56 Å². The molecule has 0 fully saturated rings. The van der Waals surface area contributed by atoms with E-state index in [4.69, 9.17) is 4.74 Å². The molecule has 8 nitrogen and oxygen atoms in total. The third kappa shape index (κ3) is 4.44. The predicted octanol–water partition coefficient (Wildman–Crippen LogP) is 4.57. The van der Waals surface area contributed by atoms with E-state index < -0.39 is 10.0 Å². The van der Waals surface area contributed by atoms with Crippen LogP contribution in [-0.4, -0.2) is 30.1 Å². The summed E-state index contributed by atoms with van der Waals surface area (Å²) in [6.07, 6.45) is 2.89. The fourth-order valence-electron chi connectivity index (χ4n) is 4.04. The highest BCUT2D eigenvalue weighted by Crippen LogP contribution is 2.31. The van der Waals surface area contributed by atoms with Crippen molar-refractivity contribution in [2.75, 3.05) is 11.8 Å². The van der Waals surface area contributed by atoms with Crippen LogP contribution in [0.15, 0.2) is 101 Å². The second-order valence-corrected chi connectivity index (χ2v) is 9.84. The average molecular weight is 499 g/mol. The molecule has 0 spiro atoms. The highest BCUT2D eigenvalue weighted by Gasteiger charge is 2.18. The van der Waals surface area contributed by atoms with Crippen molar-refractivity contribution in [2.24, 2.45) is 0 Å². The molecule has 0 saturated carbocycles. The molecule has 0 atom stereocenters. The van der Waals surface area contributed by atoms with E-state index in [-0.39, 0.29) is 16.4 Å². The number of hydrogen-bond acceptors (Lipinski definition) is 6. The molecule has 2 heterocycles. The van der Waals surface area contributed by atoms with Crippen molar-refractivity contribution < 1.29 is 13.2 Å². The summed E-state index contributed by atoms with van der Waals surface area (Å²) in [6, 6.07) is 22.9. The zero-order chi connectivity index (χ0) is 25.3. The van der Waals surface area contributed by atoms with E-state index in [1.807, 2.05) is 43.3 Å². The summed E-state index contributed by atoms with van der Waals surface area (Å²) in [6.45, 7) is 2.03. The minimum absolute atomic E-state index is 0.0226. The van der Waals surface area contributed by atoms with E-state index in [1.54, 1.807) is 25.3 Å². The number of aryl methyl sites for hydroxylation is 1. The first-order valence-electron chi connectivity index (χ1n) is 11.1. The monoisotopic (exact) mass is 498 g/mol. The van der Waals surface area contributed by atoms with E-state index in [0.717, 1.165) is 16.7 Å². The van der Waals surface area contributed by atoms with E-state index >= 15 is 0 Å². The molecule has 5 rings (SSSR count). The van der Waals surface area contributed by atoms with E-state index in [0.29, 0.717) is 22.3 Å². The number of aromatic nitrogens is 3. The molecule has 0 unspecified atom stereocenters. The number of ether oxygens (including phenoxy) is 1. The smallest absolute Gasteiger partial charge is 0.264 e. The van der Waals surface area contributed by atoms with Gasteiger partial charge in [-0.15, -0.1) is 0 Å². The van der Waals surface area contributed by atoms with Crippen LogP contribution in [0.2, 0.25) is 0 Å². The Morgan fingerprint density at radius 2 is 1.64 bits per heavy atom. The van der Waals surface area contributed by atoms with Crippen molar-refractivity contribution in [3.63, 3.8) is 0 Å². The molecule has 0 radical (unpaired) electrons. The van der Waals surface area contributed by atoms with Crippen LogP contribution < -0.4 is 15.0 Å². The number of benzene rings is 3. The summed E-state index contributed by atoms with van der Waals surface area (Å²) >= 11 is 0. The van der Waals surface area contributed by atoms with Crippen molar-refractivity contribution in [1.82, 2.24) is 14.5 Å². The van der Waals surface area contributed by atoms with E-state index in [1.165, 1.54) is 35.2 Å². The third-order valence-corrected chi connectivity index (χ3v) is 7.07. The van der Waals surface area contributed by atoms with Gasteiger partial charge in [-0.3, -0.25) is 9.36 Å². The molecule has 0 aliphatic rings. The SMILES string of the molecule is COc1cc(-c2cccc(C)c2)ccc1-n1c(=O)ccc2cc(S(=O)(=O)Nc3ncccn3)ccc21. The summed E-state index contributed by atoms with van der Waals surface area (Å²) in [5.74, 6) is 0.490. The topological polar surface area (TPSA) is 103 Å². The molecule has 1 N–H and O–H groups in total. The second-order valence-electron chi connectivity index (χ2n) is 8.16. The lowest BCUT2D eigenvalue weighted by molar-refractivity contribution is 0.413. The zero-order valence-electron chi connectivity index (χ0n) is 19.5. The molecular formula is C27H22N4O4S. The number of pyridine rings is 1. The molecule has 0 aliphatic heterocycles. The van der Waals surface area contributed by atoms with Crippen LogP contribution in [0.5, 0.6) is 5.75 Å². The summed E-state index contributed by atoms with van der Waals surface area (Å²) in [4.78, 5) is 20.8. The van der Waals surface area contributed by atoms with E-state index in [9.17, 15) is 13.2 Å². The lowest BCUT2D eigenvalue weighted by atomic mass is 10.0. The van der Waals surface area contributed by atoms with Crippen LogP contribution in [0.25, 0.3) is 27.7 Å². The number of nitrogens with zero attached hydrogens (tertiary/aromatic N) is 3. The molecule has 180 valence electrons. The summed E-state index contributed by atoms with van der Waals surface area (Å²) in [5, 5.41) is 0.566. The number of methoxy groups -OCH3 is 1. The van der Waals surface area contributed by atoms with Gasteiger partial charge in [0.2, 0.25) is 5.95 Å². The van der Waals surface area contributed by atoms with Crippen LogP contribution in [0, 0.1) is 6.92 Å². The zero-order valence-corrected chi connectivity index (χ0v) is 20.4. The van der Waals surface area contributed by atoms with Crippen molar-refractivity contribution in [2.45, 2.75) is 11.8 Å². The maximum Gasteiger partial charge on any atom is 0.264 e. The van der Waals surface area contributed by atoms with Gasteiger partial charge in [-0.25, -0.2) is 23.1 Å². The first-order chi connectivity index (χ1) is 17.4. The van der Waals surface area contributed by atoms with Gasteiger partial charge >= 0.3 is 0 Å². The van der Waals surface area contributed by atoms with Crippen LogP contribution in [0.4, 0.5) is 5.95 Å². The van der Waals surface area contributed by atoms with Crippen molar-refractivity contribution in [3.05, 3.63) is 107 Å². The molecule has 3 aromatic carbocycles. The summed E-state index contributed by atoms with van der Waals surface area (Å²) in [5.41, 5.74) is 3.95. The molecule has 0 aliphatic carbocycles. The molecule has 36 heavy (non-hydrogen) atoms. The Morgan fingerprint density at radius 1 is 0.861 bits per heavy atom. The lowest BCUT2D eigenvalue weighted by Gasteiger charge is -2.16. The fraction of sp³-hybridized carbons (Fsp3) is 0.0741.